The summed E-state index contributed by atoms with van der Waals surface area (Å²) < 4.78 is 0. The topological polar surface area (TPSA) is 24.9 Å². The van der Waals surface area contributed by atoms with E-state index in [1.807, 2.05) is 11.3 Å². The van der Waals surface area contributed by atoms with Gasteiger partial charge in [0.2, 0.25) is 0 Å². The van der Waals surface area contributed by atoms with E-state index in [1.54, 1.807) is 0 Å². The SMILES string of the molecule is Cc1nc(CC2CCC2CNC(C)(C)C)sc1C. The standard InChI is InChI=1S/C15H26N2S/c1-10-11(2)18-14(17-10)8-12-6-7-13(12)9-16-15(3,4)5/h12-13,16H,6-9H2,1-5H3. The van der Waals surface area contributed by atoms with Crippen molar-refractivity contribution >= 4 is 11.3 Å². The Bertz CT molecular complexity index is 384. The van der Waals surface area contributed by atoms with E-state index in [4.69, 9.17) is 0 Å². The van der Waals surface area contributed by atoms with Gasteiger partial charge in [-0.2, -0.15) is 0 Å². The lowest BCUT2D eigenvalue weighted by Gasteiger charge is -2.38. The lowest BCUT2D eigenvalue weighted by Crippen LogP contribution is -2.44. The molecule has 0 bridgehead atoms. The molecular weight excluding hydrogens is 240 g/mol. The van der Waals surface area contributed by atoms with Crippen molar-refractivity contribution in [2.75, 3.05) is 6.54 Å². The number of hydrogen-bond acceptors (Lipinski definition) is 3. The predicted molar refractivity (Wildman–Crippen MR) is 79.3 cm³/mol. The minimum Gasteiger partial charge on any atom is -0.312 e. The summed E-state index contributed by atoms with van der Waals surface area (Å²) in [6.07, 6.45) is 3.96. The summed E-state index contributed by atoms with van der Waals surface area (Å²) in [6.45, 7) is 12.2. The molecule has 0 amide bonds. The fourth-order valence-electron chi connectivity index (χ4n) is 2.46. The molecule has 2 rings (SSSR count). The first-order valence-corrected chi connectivity index (χ1v) is 7.85. The van der Waals surface area contributed by atoms with Crippen molar-refractivity contribution in [1.29, 1.82) is 0 Å². The zero-order valence-corrected chi connectivity index (χ0v) is 13.2. The van der Waals surface area contributed by atoms with E-state index in [1.165, 1.54) is 34.8 Å². The largest absolute Gasteiger partial charge is 0.312 e. The Kier molecular flexibility index (Phi) is 4.12. The lowest BCUT2D eigenvalue weighted by atomic mass is 9.72. The van der Waals surface area contributed by atoms with E-state index in [0.717, 1.165) is 18.4 Å². The molecule has 3 heteroatoms. The van der Waals surface area contributed by atoms with Crippen LogP contribution in [0.2, 0.25) is 0 Å². The Morgan fingerprint density at radius 3 is 2.33 bits per heavy atom. The average molecular weight is 266 g/mol. The summed E-state index contributed by atoms with van der Waals surface area (Å²) in [7, 11) is 0. The van der Waals surface area contributed by atoms with Crippen molar-refractivity contribution in [1.82, 2.24) is 10.3 Å². The number of aromatic nitrogens is 1. The quantitative estimate of drug-likeness (QED) is 0.898. The molecule has 1 aliphatic carbocycles. The van der Waals surface area contributed by atoms with Crippen LogP contribution in [0.1, 0.15) is 49.2 Å². The zero-order chi connectivity index (χ0) is 13.3. The molecule has 2 nitrogen and oxygen atoms in total. The number of nitrogens with zero attached hydrogens (tertiary/aromatic N) is 1. The molecule has 0 radical (unpaired) electrons. The van der Waals surface area contributed by atoms with Crippen LogP contribution < -0.4 is 5.32 Å². The van der Waals surface area contributed by atoms with E-state index >= 15 is 0 Å². The molecule has 0 spiro atoms. The molecule has 102 valence electrons. The lowest BCUT2D eigenvalue weighted by molar-refractivity contribution is 0.159. The molecule has 0 aliphatic heterocycles. The second-order valence-electron chi connectivity index (χ2n) is 6.68. The second-order valence-corrected chi connectivity index (χ2v) is 7.97. The number of thiazole rings is 1. The van der Waals surface area contributed by atoms with Crippen LogP contribution in [0.15, 0.2) is 0 Å². The van der Waals surface area contributed by atoms with Gasteiger partial charge < -0.3 is 5.32 Å². The van der Waals surface area contributed by atoms with Crippen LogP contribution in [0.25, 0.3) is 0 Å². The summed E-state index contributed by atoms with van der Waals surface area (Å²) in [5.74, 6) is 1.71. The van der Waals surface area contributed by atoms with Crippen LogP contribution in [0.5, 0.6) is 0 Å². The fraction of sp³-hybridized carbons (Fsp3) is 0.800. The van der Waals surface area contributed by atoms with Crippen LogP contribution in [-0.2, 0) is 6.42 Å². The summed E-state index contributed by atoms with van der Waals surface area (Å²) in [5, 5.41) is 4.98. The first-order chi connectivity index (χ1) is 8.35. The zero-order valence-electron chi connectivity index (χ0n) is 12.3. The Hall–Kier alpha value is -0.410. The van der Waals surface area contributed by atoms with Gasteiger partial charge >= 0.3 is 0 Å². The maximum atomic E-state index is 4.67. The average Bonchev–Trinajstić information content (AvgIpc) is 2.52. The summed E-state index contributed by atoms with van der Waals surface area (Å²) in [4.78, 5) is 6.06. The van der Waals surface area contributed by atoms with Crippen LogP contribution in [0.4, 0.5) is 0 Å². The van der Waals surface area contributed by atoms with Crippen molar-refractivity contribution in [2.24, 2.45) is 11.8 Å². The third-order valence-electron chi connectivity index (χ3n) is 3.98. The maximum Gasteiger partial charge on any atom is 0.0933 e. The Labute approximate surface area is 115 Å². The Balaban J connectivity index is 1.83. The van der Waals surface area contributed by atoms with Crippen LogP contribution in [0, 0.1) is 25.7 Å². The van der Waals surface area contributed by atoms with Gasteiger partial charge in [0.05, 0.1) is 10.7 Å². The molecule has 2 atom stereocenters. The molecule has 2 unspecified atom stereocenters. The monoisotopic (exact) mass is 266 g/mol. The van der Waals surface area contributed by atoms with E-state index in [-0.39, 0.29) is 5.54 Å². The van der Waals surface area contributed by atoms with Gasteiger partial charge in [0.25, 0.3) is 0 Å². The van der Waals surface area contributed by atoms with E-state index in [9.17, 15) is 0 Å². The van der Waals surface area contributed by atoms with Gasteiger partial charge in [0, 0.05) is 16.8 Å². The van der Waals surface area contributed by atoms with Gasteiger partial charge in [-0.1, -0.05) is 0 Å². The minimum absolute atomic E-state index is 0.245. The van der Waals surface area contributed by atoms with E-state index < -0.39 is 0 Å². The number of nitrogens with one attached hydrogen (secondary N) is 1. The highest BCUT2D eigenvalue weighted by Crippen LogP contribution is 2.37. The highest BCUT2D eigenvalue weighted by Gasteiger charge is 2.32. The number of aryl methyl sites for hydroxylation is 2. The highest BCUT2D eigenvalue weighted by molar-refractivity contribution is 7.11. The van der Waals surface area contributed by atoms with Gasteiger partial charge in [-0.15, -0.1) is 11.3 Å². The van der Waals surface area contributed by atoms with Gasteiger partial charge in [-0.3, -0.25) is 0 Å². The van der Waals surface area contributed by atoms with Crippen molar-refractivity contribution in [3.8, 4) is 0 Å². The molecular formula is C15H26N2S. The Morgan fingerprint density at radius 1 is 1.22 bits per heavy atom. The van der Waals surface area contributed by atoms with Gasteiger partial charge in [0.1, 0.15) is 0 Å². The van der Waals surface area contributed by atoms with Crippen molar-refractivity contribution in [3.05, 3.63) is 15.6 Å². The Morgan fingerprint density at radius 2 is 1.89 bits per heavy atom. The minimum atomic E-state index is 0.245. The molecule has 1 heterocycles. The molecule has 1 saturated carbocycles. The molecule has 1 aromatic heterocycles. The van der Waals surface area contributed by atoms with Gasteiger partial charge in [-0.05, 0) is 65.8 Å². The fourth-order valence-corrected chi connectivity index (χ4v) is 3.49. The number of rotatable bonds is 4. The molecule has 1 N–H and O–H groups in total. The molecule has 1 aliphatic rings. The summed E-state index contributed by atoms with van der Waals surface area (Å²) >= 11 is 1.89. The maximum absolute atomic E-state index is 4.67. The number of hydrogen-bond donors (Lipinski definition) is 1. The third-order valence-corrected chi connectivity index (χ3v) is 5.07. The summed E-state index contributed by atoms with van der Waals surface area (Å²) in [6, 6.07) is 0. The molecule has 0 aromatic carbocycles. The van der Waals surface area contributed by atoms with Crippen LogP contribution in [0.3, 0.4) is 0 Å². The smallest absolute Gasteiger partial charge is 0.0933 e. The van der Waals surface area contributed by atoms with E-state index in [0.29, 0.717) is 0 Å². The van der Waals surface area contributed by atoms with Crippen LogP contribution >= 0.6 is 11.3 Å². The van der Waals surface area contributed by atoms with Crippen molar-refractivity contribution in [2.45, 2.75) is 59.4 Å². The summed E-state index contributed by atoms with van der Waals surface area (Å²) in [5.41, 5.74) is 1.47. The predicted octanol–water partition coefficient (Wildman–Crippen LogP) is 3.72. The van der Waals surface area contributed by atoms with Crippen molar-refractivity contribution < 1.29 is 0 Å². The third kappa shape index (κ3) is 3.55. The van der Waals surface area contributed by atoms with Gasteiger partial charge in [0.15, 0.2) is 0 Å². The van der Waals surface area contributed by atoms with Crippen LogP contribution in [-0.4, -0.2) is 17.1 Å². The molecule has 1 fully saturated rings. The molecule has 0 saturated heterocycles. The van der Waals surface area contributed by atoms with Crippen molar-refractivity contribution in [3.63, 3.8) is 0 Å². The second kappa shape index (κ2) is 5.30. The molecule has 18 heavy (non-hydrogen) atoms. The highest BCUT2D eigenvalue weighted by atomic mass is 32.1. The molecule has 1 aromatic rings. The normalized spacial score (nSPS) is 24.1. The van der Waals surface area contributed by atoms with E-state index in [2.05, 4.69) is 44.9 Å². The first kappa shape index (κ1) is 14.0. The van der Waals surface area contributed by atoms with Gasteiger partial charge in [-0.25, -0.2) is 4.98 Å². The first-order valence-electron chi connectivity index (χ1n) is 7.03.